The van der Waals surface area contributed by atoms with Crippen molar-refractivity contribution in [1.82, 2.24) is 0 Å². The third kappa shape index (κ3) is 2.46. The fourth-order valence-corrected chi connectivity index (χ4v) is 1.06. The van der Waals surface area contributed by atoms with Crippen molar-refractivity contribution >= 4 is 11.5 Å². The van der Waals surface area contributed by atoms with Gasteiger partial charge in [-0.25, -0.2) is 4.39 Å². The van der Waals surface area contributed by atoms with Gasteiger partial charge in [0.2, 0.25) is 0 Å². The summed E-state index contributed by atoms with van der Waals surface area (Å²) in [5.41, 5.74) is -0.591. The Morgan fingerprint density at radius 2 is 2.20 bits per heavy atom. The average Bonchev–Trinajstić information content (AvgIpc) is 2.18. The summed E-state index contributed by atoms with van der Waals surface area (Å²) >= 11 is 0. The number of carbonyl (C=O) groups is 1. The Labute approximate surface area is 85.2 Å². The monoisotopic (exact) mass is 209 g/mol. The Hall–Kier alpha value is -2.04. The van der Waals surface area contributed by atoms with Crippen molar-refractivity contribution in [2.24, 2.45) is 0 Å². The third-order valence-corrected chi connectivity index (χ3v) is 1.74. The molecule has 0 aliphatic rings. The van der Waals surface area contributed by atoms with Crippen LogP contribution >= 0.6 is 0 Å². The van der Waals surface area contributed by atoms with Crippen molar-refractivity contribution in [1.29, 1.82) is 0 Å². The molecule has 0 radical (unpaired) electrons. The minimum Gasteiger partial charge on any atom is -0.289 e. The lowest BCUT2D eigenvalue weighted by Crippen LogP contribution is -2.00. The van der Waals surface area contributed by atoms with Crippen molar-refractivity contribution in [2.75, 3.05) is 0 Å². The molecule has 78 valence electrons. The number of rotatable bonds is 3. The number of nitrogens with zero attached hydrogens (tertiary/aromatic N) is 1. The van der Waals surface area contributed by atoms with Gasteiger partial charge in [0.15, 0.2) is 5.78 Å². The van der Waals surface area contributed by atoms with E-state index in [1.54, 1.807) is 6.92 Å². The fourth-order valence-electron chi connectivity index (χ4n) is 1.06. The normalized spacial score (nSPS) is 10.5. The molecule has 5 heteroatoms. The number of nitro groups is 1. The molecule has 1 rings (SSSR count). The van der Waals surface area contributed by atoms with E-state index >= 15 is 0 Å². The molecule has 1 aromatic rings. The van der Waals surface area contributed by atoms with Gasteiger partial charge in [0.1, 0.15) is 5.82 Å². The molecule has 0 atom stereocenters. The van der Waals surface area contributed by atoms with E-state index in [1.807, 2.05) is 0 Å². The largest absolute Gasteiger partial charge is 0.289 e. The zero-order valence-electron chi connectivity index (χ0n) is 7.94. The van der Waals surface area contributed by atoms with Crippen LogP contribution in [-0.4, -0.2) is 10.7 Å². The zero-order chi connectivity index (χ0) is 11.4. The van der Waals surface area contributed by atoms with Gasteiger partial charge in [-0.05, 0) is 19.1 Å². The lowest BCUT2D eigenvalue weighted by molar-refractivity contribution is -0.384. The molecule has 0 aromatic heterocycles. The van der Waals surface area contributed by atoms with Gasteiger partial charge in [0, 0.05) is 12.1 Å². The highest BCUT2D eigenvalue weighted by atomic mass is 19.1. The molecule has 0 aliphatic carbocycles. The highest BCUT2D eigenvalue weighted by molar-refractivity contribution is 6.05. The van der Waals surface area contributed by atoms with Crippen molar-refractivity contribution < 1.29 is 14.1 Å². The average molecular weight is 209 g/mol. The molecular weight excluding hydrogens is 201 g/mol. The second-order valence-electron chi connectivity index (χ2n) is 2.79. The van der Waals surface area contributed by atoms with Gasteiger partial charge >= 0.3 is 0 Å². The Morgan fingerprint density at radius 3 is 2.73 bits per heavy atom. The van der Waals surface area contributed by atoms with Crippen LogP contribution in [0.25, 0.3) is 0 Å². The van der Waals surface area contributed by atoms with Crippen LogP contribution in [0, 0.1) is 15.9 Å². The summed E-state index contributed by atoms with van der Waals surface area (Å²) in [7, 11) is 0. The van der Waals surface area contributed by atoms with E-state index in [0.29, 0.717) is 0 Å². The van der Waals surface area contributed by atoms with Gasteiger partial charge in [-0.15, -0.1) is 0 Å². The van der Waals surface area contributed by atoms with Crippen LogP contribution in [0.4, 0.5) is 10.1 Å². The van der Waals surface area contributed by atoms with Gasteiger partial charge in [0.05, 0.1) is 10.5 Å². The molecule has 0 aliphatic heterocycles. The summed E-state index contributed by atoms with van der Waals surface area (Å²) in [6.07, 6.45) is 2.60. The Morgan fingerprint density at radius 1 is 1.53 bits per heavy atom. The maximum Gasteiger partial charge on any atom is 0.270 e. The van der Waals surface area contributed by atoms with Crippen molar-refractivity contribution in [3.8, 4) is 0 Å². The number of halogens is 1. The lowest BCUT2D eigenvalue weighted by atomic mass is 10.1. The first-order valence-electron chi connectivity index (χ1n) is 4.17. The Kier molecular flexibility index (Phi) is 3.28. The summed E-state index contributed by atoms with van der Waals surface area (Å²) < 4.78 is 13.1. The van der Waals surface area contributed by atoms with Crippen LogP contribution in [0.3, 0.4) is 0 Å². The van der Waals surface area contributed by atoms with E-state index < -0.39 is 16.5 Å². The van der Waals surface area contributed by atoms with E-state index in [9.17, 15) is 19.3 Å². The van der Waals surface area contributed by atoms with Crippen LogP contribution in [0.2, 0.25) is 0 Å². The van der Waals surface area contributed by atoms with Crippen LogP contribution in [0.1, 0.15) is 17.3 Å². The summed E-state index contributed by atoms with van der Waals surface area (Å²) in [5.74, 6) is -1.34. The molecule has 0 fully saturated rings. The van der Waals surface area contributed by atoms with Crippen molar-refractivity contribution in [2.45, 2.75) is 6.92 Å². The maximum atomic E-state index is 13.1. The van der Waals surface area contributed by atoms with Crippen molar-refractivity contribution in [3.05, 3.63) is 51.8 Å². The van der Waals surface area contributed by atoms with E-state index in [-0.39, 0.29) is 11.3 Å². The molecule has 0 heterocycles. The SMILES string of the molecule is C/C=C\C(=O)c1cc([N+](=O)[O-])ccc1F. The number of ketones is 1. The quantitative estimate of drug-likeness (QED) is 0.332. The number of benzene rings is 1. The Bertz CT molecular complexity index is 440. The topological polar surface area (TPSA) is 60.2 Å². The van der Waals surface area contributed by atoms with Gasteiger partial charge in [0.25, 0.3) is 5.69 Å². The van der Waals surface area contributed by atoms with E-state index in [0.717, 1.165) is 24.3 Å². The maximum absolute atomic E-state index is 13.1. The first-order chi connectivity index (χ1) is 7.06. The smallest absolute Gasteiger partial charge is 0.270 e. The number of hydrogen-bond acceptors (Lipinski definition) is 3. The molecule has 0 N–H and O–H groups in total. The minimum absolute atomic E-state index is 0.290. The van der Waals surface area contributed by atoms with E-state index in [1.165, 1.54) is 6.08 Å². The number of allylic oxidation sites excluding steroid dienone is 2. The predicted octanol–water partition coefficient (Wildman–Crippen LogP) is 2.49. The number of nitro benzene ring substituents is 1. The van der Waals surface area contributed by atoms with Crippen LogP contribution < -0.4 is 0 Å². The molecule has 4 nitrogen and oxygen atoms in total. The standard InChI is InChI=1S/C10H8FNO3/c1-2-3-10(13)8-6-7(12(14)15)4-5-9(8)11/h2-6H,1H3/b3-2-. The molecule has 0 saturated carbocycles. The fraction of sp³-hybridized carbons (Fsp3) is 0.100. The van der Waals surface area contributed by atoms with E-state index in [4.69, 9.17) is 0 Å². The number of hydrogen-bond donors (Lipinski definition) is 0. The summed E-state index contributed by atoms with van der Waals surface area (Å²) in [5, 5.41) is 10.4. The summed E-state index contributed by atoms with van der Waals surface area (Å²) in [6, 6.07) is 2.86. The van der Waals surface area contributed by atoms with E-state index in [2.05, 4.69) is 0 Å². The molecule has 1 aromatic carbocycles. The molecule has 0 amide bonds. The third-order valence-electron chi connectivity index (χ3n) is 1.74. The zero-order valence-corrected chi connectivity index (χ0v) is 7.94. The van der Waals surface area contributed by atoms with Gasteiger partial charge in [-0.2, -0.15) is 0 Å². The Balaban J connectivity index is 3.22. The number of carbonyl (C=O) groups excluding carboxylic acids is 1. The van der Waals surface area contributed by atoms with Crippen LogP contribution in [0.15, 0.2) is 30.4 Å². The molecular formula is C10H8FNO3. The molecule has 0 unspecified atom stereocenters. The molecule has 15 heavy (non-hydrogen) atoms. The molecule has 0 saturated heterocycles. The lowest BCUT2D eigenvalue weighted by Gasteiger charge is -1.98. The van der Waals surface area contributed by atoms with Gasteiger partial charge in [-0.1, -0.05) is 6.08 Å². The molecule has 0 spiro atoms. The number of non-ortho nitro benzene ring substituents is 1. The highest BCUT2D eigenvalue weighted by Gasteiger charge is 2.14. The van der Waals surface area contributed by atoms with Crippen LogP contribution in [-0.2, 0) is 0 Å². The second kappa shape index (κ2) is 4.45. The van der Waals surface area contributed by atoms with Gasteiger partial charge < -0.3 is 0 Å². The molecule has 0 bridgehead atoms. The minimum atomic E-state index is -0.760. The van der Waals surface area contributed by atoms with Crippen molar-refractivity contribution in [3.63, 3.8) is 0 Å². The first kappa shape index (κ1) is 11.0. The highest BCUT2D eigenvalue weighted by Crippen LogP contribution is 2.17. The predicted molar refractivity (Wildman–Crippen MR) is 52.2 cm³/mol. The summed E-state index contributed by atoms with van der Waals surface area (Å²) in [4.78, 5) is 21.0. The van der Waals surface area contributed by atoms with Crippen LogP contribution in [0.5, 0.6) is 0 Å². The van der Waals surface area contributed by atoms with Gasteiger partial charge in [-0.3, -0.25) is 14.9 Å². The first-order valence-corrected chi connectivity index (χ1v) is 4.17. The second-order valence-corrected chi connectivity index (χ2v) is 2.79. The summed E-state index contributed by atoms with van der Waals surface area (Å²) in [6.45, 7) is 1.60.